The minimum Gasteiger partial charge on any atom is -0.358 e. The summed E-state index contributed by atoms with van der Waals surface area (Å²) in [6.45, 7) is 2.64. The second kappa shape index (κ2) is 5.17. The highest BCUT2D eigenvalue weighted by Gasteiger charge is 2.25. The van der Waals surface area contributed by atoms with Crippen LogP contribution in [0.15, 0.2) is 35.8 Å². The molecule has 0 spiro atoms. The van der Waals surface area contributed by atoms with Crippen LogP contribution in [0.5, 0.6) is 0 Å². The largest absolute Gasteiger partial charge is 0.372 e. The van der Waals surface area contributed by atoms with Crippen molar-refractivity contribution >= 4 is 28.6 Å². The number of anilines is 1. The second-order valence-electron chi connectivity index (χ2n) is 4.83. The number of fused-ring (bicyclic) bond motifs is 1. The second-order valence-corrected chi connectivity index (χ2v) is 5.83. The van der Waals surface area contributed by atoms with Gasteiger partial charge in [0.25, 0.3) is 0 Å². The van der Waals surface area contributed by atoms with E-state index in [0.29, 0.717) is 18.0 Å². The molecule has 3 aromatic rings. The third-order valence-corrected chi connectivity index (χ3v) is 4.38. The van der Waals surface area contributed by atoms with E-state index in [2.05, 4.69) is 4.98 Å². The molecule has 7 heteroatoms. The summed E-state index contributed by atoms with van der Waals surface area (Å²) in [6.07, 6.45) is 1.66. The molecule has 0 fully saturated rings. The van der Waals surface area contributed by atoms with Crippen molar-refractivity contribution in [1.29, 1.82) is 0 Å². The molecule has 0 aromatic carbocycles. The first-order valence-electron chi connectivity index (χ1n) is 6.43. The highest BCUT2D eigenvalue weighted by Crippen LogP contribution is 2.30. The summed E-state index contributed by atoms with van der Waals surface area (Å²) in [6, 6.07) is 7.39. The quantitative estimate of drug-likeness (QED) is 0.548. The van der Waals surface area contributed by atoms with Gasteiger partial charge < -0.3 is 15.0 Å². The fraction of sp³-hybridized carbons (Fsp3) is 0.214. The summed E-state index contributed by atoms with van der Waals surface area (Å²) in [5.74, 6) is 0.390. The topological polar surface area (TPSA) is 63.7 Å². The van der Waals surface area contributed by atoms with E-state index < -0.39 is 0 Å². The van der Waals surface area contributed by atoms with E-state index in [9.17, 15) is 10.1 Å². The standard InChI is InChI=1S/C14H14N4O2S/c1-10-6-8-21-11(10)9-16(2)13-14(18(19)20)17-7-4-3-5-12(17)15-13/h3-8H,9H2,1-2H3. The van der Waals surface area contributed by atoms with Crippen LogP contribution in [0.4, 0.5) is 11.6 Å². The summed E-state index contributed by atoms with van der Waals surface area (Å²) in [7, 11) is 1.83. The summed E-state index contributed by atoms with van der Waals surface area (Å²) in [5, 5.41) is 13.4. The molecule has 0 saturated carbocycles. The monoisotopic (exact) mass is 302 g/mol. The Hall–Kier alpha value is -2.41. The van der Waals surface area contributed by atoms with Crippen LogP contribution in [0.1, 0.15) is 10.4 Å². The predicted octanol–water partition coefficient (Wildman–Crippen LogP) is 3.25. The maximum atomic E-state index is 11.4. The number of rotatable bonds is 4. The average molecular weight is 302 g/mol. The lowest BCUT2D eigenvalue weighted by Gasteiger charge is -2.15. The molecular weight excluding hydrogens is 288 g/mol. The zero-order valence-corrected chi connectivity index (χ0v) is 12.5. The predicted molar refractivity (Wildman–Crippen MR) is 83.0 cm³/mol. The summed E-state index contributed by atoms with van der Waals surface area (Å²) < 4.78 is 1.51. The van der Waals surface area contributed by atoms with Gasteiger partial charge in [0.15, 0.2) is 0 Å². The number of hydrogen-bond donors (Lipinski definition) is 0. The molecule has 6 nitrogen and oxygen atoms in total. The zero-order valence-electron chi connectivity index (χ0n) is 11.7. The van der Waals surface area contributed by atoms with E-state index >= 15 is 0 Å². The summed E-state index contributed by atoms with van der Waals surface area (Å²) in [5.41, 5.74) is 1.77. The molecule has 3 aromatic heterocycles. The van der Waals surface area contributed by atoms with Gasteiger partial charge >= 0.3 is 5.82 Å². The third kappa shape index (κ3) is 2.36. The molecule has 0 saturated heterocycles. The normalized spacial score (nSPS) is 11.0. The minimum absolute atomic E-state index is 0.00214. The lowest BCUT2D eigenvalue weighted by Crippen LogP contribution is -2.17. The minimum atomic E-state index is -0.382. The molecule has 0 bridgehead atoms. The first kappa shape index (κ1) is 13.6. The van der Waals surface area contributed by atoms with Gasteiger partial charge in [0.05, 0.1) is 12.7 Å². The van der Waals surface area contributed by atoms with E-state index in [1.54, 1.807) is 29.7 Å². The molecule has 0 aliphatic carbocycles. The van der Waals surface area contributed by atoms with Crippen molar-refractivity contribution in [3.8, 4) is 0 Å². The van der Waals surface area contributed by atoms with Crippen molar-refractivity contribution in [3.63, 3.8) is 0 Å². The Morgan fingerprint density at radius 1 is 1.43 bits per heavy atom. The van der Waals surface area contributed by atoms with Crippen LogP contribution in [-0.4, -0.2) is 21.4 Å². The number of aryl methyl sites for hydroxylation is 1. The Bertz CT molecular complexity index is 808. The Morgan fingerprint density at radius 3 is 2.90 bits per heavy atom. The number of nitrogens with zero attached hydrogens (tertiary/aromatic N) is 4. The highest BCUT2D eigenvalue weighted by molar-refractivity contribution is 7.10. The van der Waals surface area contributed by atoms with Gasteiger partial charge in [0.1, 0.15) is 0 Å². The number of hydrogen-bond acceptors (Lipinski definition) is 5. The smallest absolute Gasteiger partial charge is 0.358 e. The fourth-order valence-corrected chi connectivity index (χ4v) is 3.21. The number of nitro groups is 1. The molecule has 0 aliphatic rings. The van der Waals surface area contributed by atoms with Gasteiger partial charge in [-0.15, -0.1) is 11.3 Å². The van der Waals surface area contributed by atoms with Crippen LogP contribution in [-0.2, 0) is 6.54 Å². The van der Waals surface area contributed by atoms with Crippen LogP contribution in [0.25, 0.3) is 5.65 Å². The first-order chi connectivity index (χ1) is 10.1. The van der Waals surface area contributed by atoms with Crippen LogP contribution < -0.4 is 4.90 Å². The zero-order chi connectivity index (χ0) is 15.0. The van der Waals surface area contributed by atoms with Crippen molar-refractivity contribution in [3.05, 3.63) is 56.4 Å². The van der Waals surface area contributed by atoms with E-state index in [4.69, 9.17) is 0 Å². The van der Waals surface area contributed by atoms with E-state index in [1.807, 2.05) is 36.4 Å². The molecule has 21 heavy (non-hydrogen) atoms. The summed E-state index contributed by atoms with van der Waals surface area (Å²) in [4.78, 5) is 18.4. The first-order valence-corrected chi connectivity index (χ1v) is 7.31. The lowest BCUT2D eigenvalue weighted by molar-refractivity contribution is -0.389. The van der Waals surface area contributed by atoms with Crippen molar-refractivity contribution in [2.45, 2.75) is 13.5 Å². The van der Waals surface area contributed by atoms with Crippen LogP contribution in [0.2, 0.25) is 0 Å². The average Bonchev–Trinajstić information content (AvgIpc) is 3.02. The van der Waals surface area contributed by atoms with Crippen molar-refractivity contribution < 1.29 is 4.92 Å². The molecule has 0 amide bonds. The van der Waals surface area contributed by atoms with Gasteiger partial charge in [-0.05, 0) is 34.9 Å². The molecule has 3 heterocycles. The number of thiophene rings is 1. The molecule has 0 N–H and O–H groups in total. The number of aromatic nitrogens is 2. The lowest BCUT2D eigenvalue weighted by atomic mass is 10.3. The van der Waals surface area contributed by atoms with E-state index in [0.717, 1.165) is 0 Å². The van der Waals surface area contributed by atoms with Gasteiger partial charge in [0.2, 0.25) is 11.5 Å². The third-order valence-electron chi connectivity index (χ3n) is 3.37. The Morgan fingerprint density at radius 2 is 2.24 bits per heavy atom. The number of imidazole rings is 1. The SMILES string of the molecule is Cc1ccsc1CN(C)c1nc2ccccn2c1[N+](=O)[O-]. The molecule has 0 radical (unpaired) electrons. The Kier molecular flexibility index (Phi) is 3.34. The maximum absolute atomic E-state index is 11.4. The fourth-order valence-electron chi connectivity index (χ4n) is 2.25. The van der Waals surface area contributed by atoms with Gasteiger partial charge in [0, 0.05) is 18.0 Å². The highest BCUT2D eigenvalue weighted by atomic mass is 32.1. The van der Waals surface area contributed by atoms with Gasteiger partial charge in [-0.3, -0.25) is 0 Å². The van der Waals surface area contributed by atoms with Gasteiger partial charge in [-0.2, -0.15) is 9.38 Å². The van der Waals surface area contributed by atoms with Crippen LogP contribution >= 0.6 is 11.3 Å². The van der Waals surface area contributed by atoms with Crippen molar-refractivity contribution in [2.75, 3.05) is 11.9 Å². The molecular formula is C14H14N4O2S. The maximum Gasteiger partial charge on any atom is 0.372 e. The Labute approximate surface area is 125 Å². The van der Waals surface area contributed by atoms with Crippen molar-refractivity contribution in [2.24, 2.45) is 0 Å². The van der Waals surface area contributed by atoms with E-state index in [1.165, 1.54) is 14.8 Å². The molecule has 0 unspecified atom stereocenters. The molecule has 0 atom stereocenters. The van der Waals surface area contributed by atoms with Gasteiger partial charge in [-0.1, -0.05) is 6.07 Å². The molecule has 3 rings (SSSR count). The Balaban J connectivity index is 2.05. The number of pyridine rings is 1. The summed E-state index contributed by atoms with van der Waals surface area (Å²) >= 11 is 1.65. The van der Waals surface area contributed by atoms with E-state index in [-0.39, 0.29) is 10.7 Å². The van der Waals surface area contributed by atoms with Crippen molar-refractivity contribution in [1.82, 2.24) is 9.38 Å². The molecule has 0 aliphatic heterocycles. The van der Waals surface area contributed by atoms with Crippen LogP contribution in [0, 0.1) is 17.0 Å². The molecule has 108 valence electrons. The van der Waals surface area contributed by atoms with Crippen LogP contribution in [0.3, 0.4) is 0 Å². The van der Waals surface area contributed by atoms with Gasteiger partial charge in [-0.25, -0.2) is 0 Å².